The van der Waals surface area contributed by atoms with Crippen molar-refractivity contribution in [1.82, 2.24) is 0 Å². The highest BCUT2D eigenvalue weighted by Crippen LogP contribution is 2.45. The molecule has 0 heterocycles. The van der Waals surface area contributed by atoms with Crippen LogP contribution in [-0.4, -0.2) is 96.7 Å². The lowest BCUT2D eigenvalue weighted by Crippen LogP contribution is -2.30. The lowest BCUT2D eigenvalue weighted by molar-refractivity contribution is -0.161. The monoisotopic (exact) mass is 1660 g/mol. The molecule has 0 aliphatic heterocycles. The fraction of sp³-hybridized carbons (Fsp3) is 0.958. The van der Waals surface area contributed by atoms with Crippen molar-refractivity contribution < 1.29 is 80.2 Å². The molecule has 0 fully saturated rings. The Kier molecular flexibility index (Phi) is 85.9. The van der Waals surface area contributed by atoms with Gasteiger partial charge in [-0.25, -0.2) is 9.13 Å². The van der Waals surface area contributed by atoms with E-state index in [9.17, 15) is 43.2 Å². The van der Waals surface area contributed by atoms with E-state index in [1.165, 1.54) is 347 Å². The maximum Gasteiger partial charge on any atom is 0.472 e. The van der Waals surface area contributed by atoms with Gasteiger partial charge in [0.2, 0.25) is 0 Å². The van der Waals surface area contributed by atoms with Gasteiger partial charge in [0, 0.05) is 25.7 Å². The number of rotatable bonds is 95. The van der Waals surface area contributed by atoms with Crippen LogP contribution in [0.4, 0.5) is 0 Å². The number of unbranched alkanes of at least 4 members (excludes halogenated alkanes) is 67. The molecule has 0 amide bonds. The van der Waals surface area contributed by atoms with Crippen LogP contribution in [0.25, 0.3) is 0 Å². The number of carbonyl (C=O) groups excluding carboxylic acids is 4. The molecular formula is C95H186O17P2. The Morgan fingerprint density at radius 2 is 0.404 bits per heavy atom. The van der Waals surface area contributed by atoms with Crippen LogP contribution < -0.4 is 0 Å². The molecular weight excluding hydrogens is 1470 g/mol. The van der Waals surface area contributed by atoms with Crippen molar-refractivity contribution in [3.63, 3.8) is 0 Å². The molecule has 5 atom stereocenters. The zero-order valence-corrected chi connectivity index (χ0v) is 77.0. The first-order valence-corrected chi connectivity index (χ1v) is 52.1. The summed E-state index contributed by atoms with van der Waals surface area (Å²) in [6.07, 6.45) is 84.9. The summed E-state index contributed by atoms with van der Waals surface area (Å²) in [5, 5.41) is 10.7. The number of esters is 4. The highest BCUT2D eigenvalue weighted by atomic mass is 31.2. The van der Waals surface area contributed by atoms with Gasteiger partial charge in [0.05, 0.1) is 26.4 Å². The first-order valence-electron chi connectivity index (χ1n) is 49.1. The van der Waals surface area contributed by atoms with Crippen LogP contribution in [0, 0.1) is 5.92 Å². The number of phosphoric acid groups is 2. The third-order valence-electron chi connectivity index (χ3n) is 22.5. The fourth-order valence-electron chi connectivity index (χ4n) is 15.1. The van der Waals surface area contributed by atoms with E-state index in [4.69, 9.17) is 37.0 Å². The highest BCUT2D eigenvalue weighted by Gasteiger charge is 2.31. The van der Waals surface area contributed by atoms with E-state index in [1.54, 1.807) is 0 Å². The second kappa shape index (κ2) is 87.4. The van der Waals surface area contributed by atoms with Crippen molar-refractivity contribution in [3.8, 4) is 0 Å². The Balaban J connectivity index is 5.25. The summed E-state index contributed by atoms with van der Waals surface area (Å²) in [5.74, 6) is -1.28. The van der Waals surface area contributed by atoms with Gasteiger partial charge in [-0.15, -0.1) is 0 Å². The number of ether oxygens (including phenoxy) is 4. The van der Waals surface area contributed by atoms with Crippen molar-refractivity contribution in [2.75, 3.05) is 39.6 Å². The zero-order chi connectivity index (χ0) is 83.3. The third-order valence-corrected chi connectivity index (χ3v) is 24.4. The lowest BCUT2D eigenvalue weighted by atomic mass is 10.0. The molecule has 0 aromatic rings. The summed E-state index contributed by atoms with van der Waals surface area (Å²) in [6, 6.07) is 0. The Morgan fingerprint density at radius 1 is 0.237 bits per heavy atom. The van der Waals surface area contributed by atoms with E-state index in [0.29, 0.717) is 25.7 Å². The molecule has 0 aliphatic carbocycles. The summed E-state index contributed by atoms with van der Waals surface area (Å²) < 4.78 is 69.2. The maximum atomic E-state index is 13.2. The minimum Gasteiger partial charge on any atom is -0.462 e. The predicted molar refractivity (Wildman–Crippen MR) is 474 cm³/mol. The average Bonchev–Trinajstić information content (AvgIpc) is 0.903. The Hall–Kier alpha value is -1.94. The summed E-state index contributed by atoms with van der Waals surface area (Å²) in [5.41, 5.74) is 0. The van der Waals surface area contributed by atoms with Gasteiger partial charge in [0.15, 0.2) is 12.2 Å². The van der Waals surface area contributed by atoms with E-state index in [2.05, 4.69) is 34.6 Å². The zero-order valence-electron chi connectivity index (χ0n) is 75.2. The van der Waals surface area contributed by atoms with Crippen molar-refractivity contribution >= 4 is 39.5 Å². The predicted octanol–water partition coefficient (Wildman–Crippen LogP) is 29.9. The molecule has 0 aromatic heterocycles. The van der Waals surface area contributed by atoms with Crippen LogP contribution >= 0.6 is 15.6 Å². The van der Waals surface area contributed by atoms with Crippen molar-refractivity contribution in [3.05, 3.63) is 0 Å². The number of hydrogen-bond donors (Lipinski definition) is 3. The molecule has 0 spiro atoms. The van der Waals surface area contributed by atoms with Gasteiger partial charge in [-0.3, -0.25) is 37.3 Å². The molecule has 678 valence electrons. The van der Waals surface area contributed by atoms with Crippen molar-refractivity contribution in [2.45, 2.75) is 541 Å². The SMILES string of the molecule is CCCCCCCCCCCCCCCCCCCCCCCC(=O)OC[C@H](COP(=O)(O)OC[C@@H](O)COP(=O)(O)OC[C@@H](COC(=O)CCCCCCCCCCCCCCC)OC(=O)CCCCCCCCCCCCCCCCCCC(C)C)OC(=O)CCCCCCCCCCCCCCCCCCCCCCC. The average molecular weight is 1660 g/mol. The van der Waals surface area contributed by atoms with Crippen LogP contribution in [0.1, 0.15) is 523 Å². The molecule has 114 heavy (non-hydrogen) atoms. The molecule has 0 saturated carbocycles. The summed E-state index contributed by atoms with van der Waals surface area (Å²) in [6.45, 7) is 7.45. The highest BCUT2D eigenvalue weighted by molar-refractivity contribution is 7.47. The van der Waals surface area contributed by atoms with Crippen LogP contribution in [0.15, 0.2) is 0 Å². The van der Waals surface area contributed by atoms with E-state index >= 15 is 0 Å². The van der Waals surface area contributed by atoms with Gasteiger partial charge in [-0.05, 0) is 31.6 Å². The van der Waals surface area contributed by atoms with Gasteiger partial charge >= 0.3 is 39.5 Å². The molecule has 0 aromatic carbocycles. The van der Waals surface area contributed by atoms with Gasteiger partial charge in [0.25, 0.3) is 0 Å². The molecule has 17 nitrogen and oxygen atoms in total. The Bertz CT molecular complexity index is 2150. The molecule has 0 bridgehead atoms. The number of carbonyl (C=O) groups is 4. The number of aliphatic hydroxyl groups is 1. The first kappa shape index (κ1) is 112. The lowest BCUT2D eigenvalue weighted by Gasteiger charge is -2.21. The Morgan fingerprint density at radius 3 is 0.596 bits per heavy atom. The van der Waals surface area contributed by atoms with E-state index in [1.807, 2.05) is 0 Å². The number of phosphoric ester groups is 2. The molecule has 3 N–H and O–H groups in total. The maximum absolute atomic E-state index is 13.2. The van der Waals surface area contributed by atoms with Gasteiger partial charge < -0.3 is 33.8 Å². The van der Waals surface area contributed by atoms with Crippen molar-refractivity contribution in [1.29, 1.82) is 0 Å². The molecule has 0 radical (unpaired) electrons. The summed E-state index contributed by atoms with van der Waals surface area (Å²) >= 11 is 0. The van der Waals surface area contributed by atoms with E-state index < -0.39 is 97.5 Å². The third kappa shape index (κ3) is 87.9. The first-order chi connectivity index (χ1) is 55.5. The Labute approximate surface area is 702 Å². The minimum atomic E-state index is -4.97. The summed E-state index contributed by atoms with van der Waals surface area (Å²) in [4.78, 5) is 73.6. The molecule has 0 saturated heterocycles. The van der Waals surface area contributed by atoms with Crippen molar-refractivity contribution in [2.24, 2.45) is 5.92 Å². The smallest absolute Gasteiger partial charge is 0.462 e. The van der Waals surface area contributed by atoms with Crippen LogP contribution in [0.5, 0.6) is 0 Å². The standard InChI is InChI=1S/C95H186O17P2/c1-6-9-12-15-18-21-24-27-29-31-33-35-37-39-44-49-54-59-64-69-74-79-93(98)106-85-91(112-94(99)80-75-70-65-60-55-50-45-40-38-36-34-32-30-28-25-22-19-16-13-10-7-2)87-110-114(103,104)108-83-89(96)82-107-113(101,102)109-86-90(84-105-92(97)78-73-68-63-58-53-47-26-23-20-17-14-11-8-3)111-95(100)81-76-71-66-61-56-51-46-42-41-43-48-52-57-62-67-72-77-88(4)5/h88-91,96H,6-87H2,1-5H3,(H,101,102)(H,103,104)/t89-,90+,91+/m0/s1. The van der Waals surface area contributed by atoms with Crippen LogP contribution in [0.3, 0.4) is 0 Å². The second-order valence-electron chi connectivity index (χ2n) is 34.6. The number of hydrogen-bond acceptors (Lipinski definition) is 15. The van der Waals surface area contributed by atoms with Gasteiger partial charge in [-0.2, -0.15) is 0 Å². The topological polar surface area (TPSA) is 237 Å². The summed E-state index contributed by atoms with van der Waals surface area (Å²) in [7, 11) is -9.94. The quantitative estimate of drug-likeness (QED) is 0.0222. The van der Waals surface area contributed by atoms with E-state index in [0.717, 1.165) is 95.8 Å². The minimum absolute atomic E-state index is 0.109. The fourth-order valence-corrected chi connectivity index (χ4v) is 16.6. The molecule has 0 rings (SSSR count). The molecule has 0 aliphatic rings. The van der Waals surface area contributed by atoms with Gasteiger partial charge in [0.1, 0.15) is 19.3 Å². The molecule has 19 heteroatoms. The molecule has 2 unspecified atom stereocenters. The van der Waals surface area contributed by atoms with Crippen LogP contribution in [0.2, 0.25) is 0 Å². The number of aliphatic hydroxyl groups excluding tert-OH is 1. The normalized spacial score (nSPS) is 13.6. The van der Waals surface area contributed by atoms with Gasteiger partial charge in [-0.1, -0.05) is 471 Å². The van der Waals surface area contributed by atoms with Crippen LogP contribution in [-0.2, 0) is 65.4 Å². The largest absolute Gasteiger partial charge is 0.472 e. The second-order valence-corrected chi connectivity index (χ2v) is 37.5. The van der Waals surface area contributed by atoms with E-state index in [-0.39, 0.29) is 25.7 Å².